The molecule has 0 aliphatic rings. The first-order valence-electron chi connectivity index (χ1n) is 5.80. The number of carbonyl (C=O) groups excluding carboxylic acids is 1. The molecule has 94 valence electrons. The Bertz CT molecular complexity index is 491. The number of carbonyl (C=O) groups is 1. The monoisotopic (exact) mass is 245 g/mol. The van der Waals surface area contributed by atoms with Crippen LogP contribution in [0.5, 0.6) is 0 Å². The SMILES string of the molecule is CCNC(=O)NCc1ccc(-c2ccco2)nc1. The molecule has 5 nitrogen and oxygen atoms in total. The van der Waals surface area contributed by atoms with Crippen LogP contribution in [-0.2, 0) is 6.54 Å². The Morgan fingerprint density at radius 3 is 2.83 bits per heavy atom. The first-order valence-corrected chi connectivity index (χ1v) is 5.80. The van der Waals surface area contributed by atoms with Crippen molar-refractivity contribution in [2.24, 2.45) is 0 Å². The Morgan fingerprint density at radius 1 is 1.33 bits per heavy atom. The van der Waals surface area contributed by atoms with Crippen molar-refractivity contribution in [3.63, 3.8) is 0 Å². The maximum Gasteiger partial charge on any atom is 0.315 e. The van der Waals surface area contributed by atoms with E-state index in [4.69, 9.17) is 4.42 Å². The Labute approximate surface area is 105 Å². The number of hydrogen-bond acceptors (Lipinski definition) is 3. The highest BCUT2D eigenvalue weighted by Gasteiger charge is 2.03. The number of nitrogens with zero attached hydrogens (tertiary/aromatic N) is 1. The molecule has 2 aromatic rings. The number of aromatic nitrogens is 1. The van der Waals surface area contributed by atoms with Crippen molar-refractivity contribution >= 4 is 6.03 Å². The van der Waals surface area contributed by atoms with E-state index in [1.807, 2.05) is 31.2 Å². The fraction of sp³-hybridized carbons (Fsp3) is 0.231. The number of hydrogen-bond donors (Lipinski definition) is 2. The van der Waals surface area contributed by atoms with Crippen molar-refractivity contribution in [1.29, 1.82) is 0 Å². The zero-order chi connectivity index (χ0) is 12.8. The van der Waals surface area contributed by atoms with Gasteiger partial charge in [-0.15, -0.1) is 0 Å². The van der Waals surface area contributed by atoms with Gasteiger partial charge in [0.1, 0.15) is 5.69 Å². The first kappa shape index (κ1) is 12.2. The van der Waals surface area contributed by atoms with E-state index in [0.29, 0.717) is 13.1 Å². The lowest BCUT2D eigenvalue weighted by Gasteiger charge is -2.05. The molecule has 0 aliphatic heterocycles. The Kier molecular flexibility index (Phi) is 3.96. The van der Waals surface area contributed by atoms with Crippen molar-refractivity contribution in [3.8, 4) is 11.5 Å². The summed E-state index contributed by atoms with van der Waals surface area (Å²) < 4.78 is 5.25. The minimum absolute atomic E-state index is 0.174. The van der Waals surface area contributed by atoms with Crippen LogP contribution in [0.2, 0.25) is 0 Å². The Balaban J connectivity index is 1.94. The Morgan fingerprint density at radius 2 is 2.22 bits per heavy atom. The van der Waals surface area contributed by atoms with E-state index in [1.165, 1.54) is 0 Å². The average Bonchev–Trinajstić information content (AvgIpc) is 2.91. The molecule has 0 atom stereocenters. The largest absolute Gasteiger partial charge is 0.463 e. The van der Waals surface area contributed by atoms with Gasteiger partial charge in [0.05, 0.1) is 6.26 Å². The molecule has 0 aromatic carbocycles. The van der Waals surface area contributed by atoms with Gasteiger partial charge in [-0.3, -0.25) is 4.98 Å². The molecule has 2 rings (SSSR count). The van der Waals surface area contributed by atoms with Crippen molar-refractivity contribution in [1.82, 2.24) is 15.6 Å². The molecule has 0 unspecified atom stereocenters. The third kappa shape index (κ3) is 3.10. The Hall–Kier alpha value is -2.30. The number of pyridine rings is 1. The van der Waals surface area contributed by atoms with Gasteiger partial charge in [-0.25, -0.2) is 4.79 Å². The van der Waals surface area contributed by atoms with Crippen LogP contribution in [0, 0.1) is 0 Å². The van der Waals surface area contributed by atoms with Gasteiger partial charge in [-0.05, 0) is 30.7 Å². The zero-order valence-corrected chi connectivity index (χ0v) is 10.1. The highest BCUT2D eigenvalue weighted by atomic mass is 16.3. The summed E-state index contributed by atoms with van der Waals surface area (Å²) in [6.45, 7) is 2.94. The summed E-state index contributed by atoms with van der Waals surface area (Å²) in [6.07, 6.45) is 3.34. The van der Waals surface area contributed by atoms with Gasteiger partial charge in [-0.1, -0.05) is 6.07 Å². The summed E-state index contributed by atoms with van der Waals surface area (Å²) in [5, 5.41) is 5.40. The van der Waals surface area contributed by atoms with Crippen LogP contribution in [0.25, 0.3) is 11.5 Å². The quantitative estimate of drug-likeness (QED) is 0.867. The van der Waals surface area contributed by atoms with E-state index in [2.05, 4.69) is 15.6 Å². The smallest absolute Gasteiger partial charge is 0.315 e. The second-order valence-electron chi connectivity index (χ2n) is 3.74. The molecule has 0 radical (unpaired) electrons. The number of urea groups is 1. The zero-order valence-electron chi connectivity index (χ0n) is 10.1. The van der Waals surface area contributed by atoms with E-state index in [0.717, 1.165) is 17.0 Å². The normalized spacial score (nSPS) is 10.1. The van der Waals surface area contributed by atoms with Crippen LogP contribution < -0.4 is 10.6 Å². The van der Waals surface area contributed by atoms with E-state index >= 15 is 0 Å². The predicted octanol–water partition coefficient (Wildman–Crippen LogP) is 2.16. The molecule has 0 spiro atoms. The van der Waals surface area contributed by atoms with Gasteiger partial charge in [0.15, 0.2) is 5.76 Å². The third-order valence-electron chi connectivity index (χ3n) is 2.39. The summed E-state index contributed by atoms with van der Waals surface area (Å²) in [6, 6.07) is 7.29. The van der Waals surface area contributed by atoms with Crippen molar-refractivity contribution < 1.29 is 9.21 Å². The van der Waals surface area contributed by atoms with Crippen molar-refractivity contribution in [3.05, 3.63) is 42.3 Å². The van der Waals surface area contributed by atoms with Crippen LogP contribution in [0.3, 0.4) is 0 Å². The fourth-order valence-corrected chi connectivity index (χ4v) is 1.50. The second kappa shape index (κ2) is 5.86. The van der Waals surface area contributed by atoms with Crippen LogP contribution in [0.1, 0.15) is 12.5 Å². The molecule has 0 bridgehead atoms. The standard InChI is InChI=1S/C13H15N3O2/c1-2-14-13(17)16-9-10-5-6-11(15-8-10)12-4-3-7-18-12/h3-8H,2,9H2,1H3,(H2,14,16,17). The topological polar surface area (TPSA) is 67.2 Å². The second-order valence-corrected chi connectivity index (χ2v) is 3.74. The molecule has 2 heterocycles. The van der Waals surface area contributed by atoms with Crippen LogP contribution in [-0.4, -0.2) is 17.6 Å². The fourth-order valence-electron chi connectivity index (χ4n) is 1.50. The predicted molar refractivity (Wildman–Crippen MR) is 67.9 cm³/mol. The highest BCUT2D eigenvalue weighted by Crippen LogP contribution is 2.16. The first-order chi connectivity index (χ1) is 8.79. The summed E-state index contributed by atoms with van der Waals surface area (Å²) in [4.78, 5) is 15.5. The molecule has 0 saturated heterocycles. The number of rotatable bonds is 4. The van der Waals surface area contributed by atoms with Gasteiger partial charge in [-0.2, -0.15) is 0 Å². The van der Waals surface area contributed by atoms with Gasteiger partial charge >= 0.3 is 6.03 Å². The summed E-state index contributed by atoms with van der Waals surface area (Å²) in [5.74, 6) is 0.734. The van der Waals surface area contributed by atoms with Gasteiger partial charge < -0.3 is 15.1 Å². The summed E-state index contributed by atoms with van der Waals surface area (Å²) >= 11 is 0. The third-order valence-corrected chi connectivity index (χ3v) is 2.39. The van der Waals surface area contributed by atoms with Gasteiger partial charge in [0.25, 0.3) is 0 Å². The average molecular weight is 245 g/mol. The maximum atomic E-state index is 11.2. The molecule has 5 heteroatoms. The number of amides is 2. The van der Waals surface area contributed by atoms with Gasteiger partial charge in [0, 0.05) is 19.3 Å². The number of nitrogens with one attached hydrogen (secondary N) is 2. The molecule has 2 aromatic heterocycles. The van der Waals surface area contributed by atoms with E-state index < -0.39 is 0 Å². The van der Waals surface area contributed by atoms with E-state index in [9.17, 15) is 4.79 Å². The summed E-state index contributed by atoms with van der Waals surface area (Å²) in [5.41, 5.74) is 1.72. The van der Waals surface area contributed by atoms with Gasteiger partial charge in [0.2, 0.25) is 0 Å². The summed E-state index contributed by atoms with van der Waals surface area (Å²) in [7, 11) is 0. The van der Waals surface area contributed by atoms with Crippen LogP contribution in [0.4, 0.5) is 4.79 Å². The molecular weight excluding hydrogens is 230 g/mol. The molecule has 2 N–H and O–H groups in total. The van der Waals surface area contributed by atoms with Crippen LogP contribution in [0.15, 0.2) is 41.1 Å². The molecule has 0 aliphatic carbocycles. The lowest BCUT2D eigenvalue weighted by molar-refractivity contribution is 0.241. The minimum Gasteiger partial charge on any atom is -0.463 e. The minimum atomic E-state index is -0.174. The van der Waals surface area contributed by atoms with Crippen molar-refractivity contribution in [2.75, 3.05) is 6.54 Å². The lowest BCUT2D eigenvalue weighted by Crippen LogP contribution is -2.34. The number of furan rings is 1. The molecule has 0 fully saturated rings. The van der Waals surface area contributed by atoms with E-state index in [1.54, 1.807) is 12.5 Å². The molecule has 0 saturated carbocycles. The van der Waals surface area contributed by atoms with Crippen LogP contribution >= 0.6 is 0 Å². The lowest BCUT2D eigenvalue weighted by atomic mass is 10.2. The van der Waals surface area contributed by atoms with Crippen molar-refractivity contribution in [2.45, 2.75) is 13.5 Å². The highest BCUT2D eigenvalue weighted by molar-refractivity contribution is 5.73. The van der Waals surface area contributed by atoms with E-state index in [-0.39, 0.29) is 6.03 Å². The maximum absolute atomic E-state index is 11.2. The molecule has 2 amide bonds. The molecular formula is C13H15N3O2. The molecule has 18 heavy (non-hydrogen) atoms.